The second-order valence-corrected chi connectivity index (χ2v) is 10.2. The predicted octanol–water partition coefficient (Wildman–Crippen LogP) is 6.64. The van der Waals surface area contributed by atoms with Crippen molar-refractivity contribution in [3.05, 3.63) is 140 Å². The molecule has 5 heterocycles. The molecule has 0 radical (unpaired) electrons. The molecule has 0 N–H and O–H groups in total. The number of fused-ring (bicyclic) bond motifs is 6. The Balaban J connectivity index is 1.42. The van der Waals surface area contributed by atoms with Gasteiger partial charge in [-0.15, -0.1) is 0 Å². The van der Waals surface area contributed by atoms with Crippen LogP contribution in [0.25, 0.3) is 56.4 Å². The fourth-order valence-electron chi connectivity index (χ4n) is 5.82. The van der Waals surface area contributed by atoms with E-state index in [4.69, 9.17) is 15.0 Å². The van der Waals surface area contributed by atoms with E-state index < -0.39 is 0 Å². The molecule has 6 nitrogen and oxygen atoms in total. The van der Waals surface area contributed by atoms with Gasteiger partial charge in [0, 0.05) is 52.7 Å². The maximum atomic E-state index is 5.02. The van der Waals surface area contributed by atoms with Crippen molar-refractivity contribution in [3.8, 4) is 56.4 Å². The van der Waals surface area contributed by atoms with Crippen molar-refractivity contribution in [1.29, 1.82) is 0 Å². The molecule has 3 aromatic heterocycles. The molecule has 0 spiro atoms. The van der Waals surface area contributed by atoms with Crippen molar-refractivity contribution in [2.75, 3.05) is 4.81 Å². The van der Waals surface area contributed by atoms with Crippen molar-refractivity contribution in [3.63, 3.8) is 0 Å². The molecule has 0 atom stereocenters. The Morgan fingerprint density at radius 2 is 1.14 bits per heavy atom. The van der Waals surface area contributed by atoms with Gasteiger partial charge in [-0.2, -0.15) is 0 Å². The van der Waals surface area contributed by atoms with Crippen molar-refractivity contribution in [1.82, 2.24) is 24.9 Å². The van der Waals surface area contributed by atoms with E-state index in [1.165, 1.54) is 16.6 Å². The second-order valence-electron chi connectivity index (χ2n) is 10.2. The number of hydrogen-bond acceptors (Lipinski definition) is 6. The summed E-state index contributed by atoms with van der Waals surface area (Å²) in [5.41, 5.74) is 9.79. The van der Waals surface area contributed by atoms with E-state index >= 15 is 0 Å². The summed E-state index contributed by atoms with van der Waals surface area (Å²) in [5, 5.41) is 0. The molecule has 3 aromatic carbocycles. The first kappa shape index (κ1) is 24.1. The van der Waals surface area contributed by atoms with Crippen LogP contribution in [0.15, 0.2) is 140 Å². The number of allylic oxidation sites excluding steroid dienone is 2. The summed E-state index contributed by atoms with van der Waals surface area (Å²) in [4.78, 5) is 25.6. The Bertz CT molecular complexity index is 1930. The highest BCUT2D eigenvalue weighted by molar-refractivity contribution is 6.83. The second kappa shape index (κ2) is 10.1. The minimum atomic E-state index is 0.107. The van der Waals surface area contributed by atoms with Gasteiger partial charge in [0.25, 0.3) is 0 Å². The molecular formula is C35H23BN6. The maximum Gasteiger partial charge on any atom is 0.320 e. The fourth-order valence-corrected chi connectivity index (χ4v) is 5.82. The first-order chi connectivity index (χ1) is 20.8. The summed E-state index contributed by atoms with van der Waals surface area (Å²) >= 11 is 0. The van der Waals surface area contributed by atoms with E-state index in [1.54, 1.807) is 24.8 Å². The van der Waals surface area contributed by atoms with Gasteiger partial charge < -0.3 is 4.81 Å². The van der Waals surface area contributed by atoms with Crippen LogP contribution in [-0.2, 0) is 0 Å². The van der Waals surface area contributed by atoms with Crippen LogP contribution in [-0.4, -0.2) is 31.8 Å². The maximum absolute atomic E-state index is 5.02. The third-order valence-electron chi connectivity index (χ3n) is 7.75. The first-order valence-corrected chi connectivity index (χ1v) is 13.9. The Morgan fingerprint density at radius 3 is 1.83 bits per heavy atom. The van der Waals surface area contributed by atoms with E-state index in [2.05, 4.69) is 106 Å². The van der Waals surface area contributed by atoms with Gasteiger partial charge in [0.15, 0.2) is 17.5 Å². The van der Waals surface area contributed by atoms with Gasteiger partial charge in [-0.05, 0) is 70.8 Å². The lowest BCUT2D eigenvalue weighted by Gasteiger charge is -2.37. The summed E-state index contributed by atoms with van der Waals surface area (Å²) in [6.07, 6.45) is 13.4. The normalized spacial score (nSPS) is 13.0. The molecule has 7 heteroatoms. The number of hydrogen-bond donors (Lipinski definition) is 0. The molecule has 0 saturated heterocycles. The first-order valence-electron chi connectivity index (χ1n) is 13.9. The highest BCUT2D eigenvalue weighted by Gasteiger charge is 2.34. The molecule has 0 unspecified atom stereocenters. The van der Waals surface area contributed by atoms with Crippen LogP contribution in [0.2, 0.25) is 0 Å². The smallest absolute Gasteiger partial charge is 0.320 e. The summed E-state index contributed by atoms with van der Waals surface area (Å²) in [7, 11) is 0. The summed E-state index contributed by atoms with van der Waals surface area (Å²) in [5.74, 6) is 4.05. The van der Waals surface area contributed by atoms with E-state index in [0.29, 0.717) is 17.5 Å². The van der Waals surface area contributed by atoms with E-state index in [9.17, 15) is 0 Å². The zero-order valence-corrected chi connectivity index (χ0v) is 22.5. The van der Waals surface area contributed by atoms with Gasteiger partial charge in [0.1, 0.15) is 0 Å². The van der Waals surface area contributed by atoms with Gasteiger partial charge in [-0.1, -0.05) is 66.6 Å². The Labute approximate surface area is 243 Å². The van der Waals surface area contributed by atoms with Crippen molar-refractivity contribution < 1.29 is 0 Å². The molecular weight excluding hydrogens is 515 g/mol. The van der Waals surface area contributed by atoms with E-state index in [0.717, 1.165) is 33.5 Å². The lowest BCUT2D eigenvalue weighted by molar-refractivity contribution is 1.07. The minimum absolute atomic E-state index is 0.107. The lowest BCUT2D eigenvalue weighted by Crippen LogP contribution is -2.49. The highest BCUT2D eigenvalue weighted by Crippen LogP contribution is 2.45. The van der Waals surface area contributed by atoms with Gasteiger partial charge in [0.2, 0.25) is 0 Å². The van der Waals surface area contributed by atoms with Crippen molar-refractivity contribution in [2.24, 2.45) is 0 Å². The highest BCUT2D eigenvalue weighted by atomic mass is 15.1. The molecule has 2 aliphatic heterocycles. The number of anilines is 1. The monoisotopic (exact) mass is 538 g/mol. The van der Waals surface area contributed by atoms with Crippen LogP contribution >= 0.6 is 0 Å². The van der Waals surface area contributed by atoms with Gasteiger partial charge >= 0.3 is 6.85 Å². The van der Waals surface area contributed by atoms with Crippen LogP contribution in [0.1, 0.15) is 0 Å². The average Bonchev–Trinajstić information content (AvgIpc) is 3.09. The van der Waals surface area contributed by atoms with E-state index in [-0.39, 0.29) is 6.85 Å². The number of aromatic nitrogens is 5. The molecule has 0 aliphatic carbocycles. The number of nitrogens with zero attached hydrogens (tertiary/aromatic N) is 6. The summed E-state index contributed by atoms with van der Waals surface area (Å²) in [6.45, 7) is 0.107. The largest absolute Gasteiger partial charge is 0.383 e. The number of pyridine rings is 2. The molecule has 0 fully saturated rings. The molecule has 2 aliphatic rings. The quantitative estimate of drug-likeness (QED) is 0.235. The fraction of sp³-hybridized carbons (Fsp3) is 0. The number of benzene rings is 3. The Morgan fingerprint density at radius 1 is 0.524 bits per heavy atom. The zero-order chi connectivity index (χ0) is 27.9. The molecule has 0 bridgehead atoms. The minimum Gasteiger partial charge on any atom is -0.383 e. The molecule has 6 aromatic rings. The molecule has 0 amide bonds. The van der Waals surface area contributed by atoms with Crippen LogP contribution in [0, 0.1) is 0 Å². The Hall–Kier alpha value is -5.69. The predicted molar refractivity (Wildman–Crippen MR) is 169 cm³/mol. The van der Waals surface area contributed by atoms with Gasteiger partial charge in [-0.25, -0.2) is 15.0 Å². The third kappa shape index (κ3) is 4.11. The van der Waals surface area contributed by atoms with Crippen LogP contribution < -0.4 is 10.3 Å². The number of rotatable bonds is 4. The summed E-state index contributed by atoms with van der Waals surface area (Å²) in [6, 6.07) is 31.4. The van der Waals surface area contributed by atoms with Gasteiger partial charge in [-0.3, -0.25) is 9.97 Å². The Kier molecular flexibility index (Phi) is 5.78. The standard InChI is InChI=1S/C35H23BN6/c1-2-8-24(9-3-1)29-22-27(23-31-32(29)28-10-4-5-11-30(28)36-16-6-7-21-42(31)36)35-40-33(25-12-17-37-18-13-25)39-34(41-35)26-14-19-38-20-15-26/h1-23H. The van der Waals surface area contributed by atoms with Crippen LogP contribution in [0.4, 0.5) is 5.69 Å². The van der Waals surface area contributed by atoms with E-state index in [1.807, 2.05) is 24.3 Å². The zero-order valence-electron chi connectivity index (χ0n) is 22.5. The molecule has 0 saturated carbocycles. The van der Waals surface area contributed by atoms with Gasteiger partial charge in [0.05, 0.1) is 0 Å². The molecule has 42 heavy (non-hydrogen) atoms. The topological polar surface area (TPSA) is 67.7 Å². The van der Waals surface area contributed by atoms with Crippen LogP contribution in [0.3, 0.4) is 0 Å². The SMILES string of the molecule is C1=CB2c3ccccc3-c3c(-c4ccccc4)cc(-c4nc(-c5ccncc5)nc(-c5ccncc5)n4)cc3N2C=C1. The third-order valence-corrected chi connectivity index (χ3v) is 7.75. The van der Waals surface area contributed by atoms with Crippen molar-refractivity contribution in [2.45, 2.75) is 0 Å². The van der Waals surface area contributed by atoms with Crippen molar-refractivity contribution >= 4 is 18.0 Å². The summed E-state index contributed by atoms with van der Waals surface area (Å²) < 4.78 is 0. The molecule has 8 rings (SSSR count). The lowest BCUT2D eigenvalue weighted by atomic mass is 9.49. The molecule has 196 valence electrons. The average molecular weight is 538 g/mol. The van der Waals surface area contributed by atoms with Crippen LogP contribution in [0.5, 0.6) is 0 Å².